The number of nitrogens with zero attached hydrogens (tertiary/aromatic N) is 1. The predicted octanol–water partition coefficient (Wildman–Crippen LogP) is 2.99. The Balaban J connectivity index is 1.82. The van der Waals surface area contributed by atoms with Crippen molar-refractivity contribution in [2.75, 3.05) is 0 Å². The van der Waals surface area contributed by atoms with Gasteiger partial charge in [0.1, 0.15) is 5.76 Å². The second kappa shape index (κ2) is 6.93. The second-order valence-corrected chi connectivity index (χ2v) is 6.02. The molecule has 3 amide bonds. The van der Waals surface area contributed by atoms with Gasteiger partial charge in [-0.05, 0) is 43.2 Å². The summed E-state index contributed by atoms with van der Waals surface area (Å²) in [6, 6.07) is 8.12. The molecule has 2 aromatic rings. The maximum atomic E-state index is 12.6. The van der Waals surface area contributed by atoms with Gasteiger partial charge in [-0.25, -0.2) is 0 Å². The van der Waals surface area contributed by atoms with Crippen molar-refractivity contribution in [2.24, 2.45) is 0 Å². The normalized spacial score (nSPS) is 13.5. The number of rotatable bonds is 6. The smallest absolute Gasteiger partial charge is 0.261 e. The molecule has 0 atom stereocenters. The SMILES string of the molecule is CCC(CC)NC(=O)c1ccc2c(c1)C(=O)N(Cc1ccco1)C2=O. The lowest BCUT2D eigenvalue weighted by Crippen LogP contribution is -2.33. The van der Waals surface area contributed by atoms with Crippen molar-refractivity contribution < 1.29 is 18.8 Å². The van der Waals surface area contributed by atoms with Crippen molar-refractivity contribution in [3.8, 4) is 0 Å². The Morgan fingerprint density at radius 3 is 2.48 bits per heavy atom. The average molecular weight is 340 g/mol. The highest BCUT2D eigenvalue weighted by molar-refractivity contribution is 6.22. The molecule has 0 bridgehead atoms. The third kappa shape index (κ3) is 3.20. The van der Waals surface area contributed by atoms with E-state index in [4.69, 9.17) is 4.42 Å². The van der Waals surface area contributed by atoms with Gasteiger partial charge in [0.25, 0.3) is 17.7 Å². The molecule has 6 heteroatoms. The quantitative estimate of drug-likeness (QED) is 0.820. The van der Waals surface area contributed by atoms with E-state index in [1.54, 1.807) is 24.3 Å². The van der Waals surface area contributed by atoms with Crippen LogP contribution in [0.4, 0.5) is 0 Å². The van der Waals surface area contributed by atoms with Gasteiger partial charge in [-0.2, -0.15) is 0 Å². The van der Waals surface area contributed by atoms with Crippen LogP contribution in [0.3, 0.4) is 0 Å². The van der Waals surface area contributed by atoms with Gasteiger partial charge < -0.3 is 9.73 Å². The topological polar surface area (TPSA) is 79.6 Å². The number of carbonyl (C=O) groups excluding carboxylic acids is 3. The number of fused-ring (bicyclic) bond motifs is 1. The molecule has 0 aliphatic carbocycles. The molecule has 3 rings (SSSR count). The van der Waals surface area contributed by atoms with Gasteiger partial charge in [-0.3, -0.25) is 19.3 Å². The van der Waals surface area contributed by atoms with Crippen LogP contribution in [0.5, 0.6) is 0 Å². The van der Waals surface area contributed by atoms with E-state index in [9.17, 15) is 14.4 Å². The van der Waals surface area contributed by atoms with Crippen molar-refractivity contribution in [2.45, 2.75) is 39.3 Å². The van der Waals surface area contributed by atoms with Crippen LogP contribution in [0.25, 0.3) is 0 Å². The van der Waals surface area contributed by atoms with E-state index in [0.29, 0.717) is 16.9 Å². The second-order valence-electron chi connectivity index (χ2n) is 6.02. The molecule has 0 saturated carbocycles. The molecule has 0 fully saturated rings. The number of benzene rings is 1. The van der Waals surface area contributed by atoms with Gasteiger partial charge in [0.2, 0.25) is 0 Å². The third-order valence-electron chi connectivity index (χ3n) is 4.45. The first kappa shape index (κ1) is 17.0. The number of hydrogen-bond acceptors (Lipinski definition) is 4. The minimum absolute atomic E-state index is 0.0780. The fourth-order valence-corrected chi connectivity index (χ4v) is 2.90. The van der Waals surface area contributed by atoms with E-state index >= 15 is 0 Å². The monoisotopic (exact) mass is 340 g/mol. The Morgan fingerprint density at radius 2 is 1.84 bits per heavy atom. The average Bonchev–Trinajstić information content (AvgIpc) is 3.22. The highest BCUT2D eigenvalue weighted by atomic mass is 16.3. The van der Waals surface area contributed by atoms with E-state index < -0.39 is 5.91 Å². The number of furan rings is 1. The van der Waals surface area contributed by atoms with Crippen LogP contribution in [0.1, 0.15) is 63.5 Å². The standard InChI is InChI=1S/C19H20N2O4/c1-3-13(4-2)20-17(22)12-7-8-15-16(10-12)19(24)21(18(15)23)11-14-6-5-9-25-14/h5-10,13H,3-4,11H2,1-2H3,(H,20,22). The maximum Gasteiger partial charge on any atom is 0.261 e. The summed E-state index contributed by atoms with van der Waals surface area (Å²) in [5.41, 5.74) is 0.955. The Morgan fingerprint density at radius 1 is 1.12 bits per heavy atom. The highest BCUT2D eigenvalue weighted by Gasteiger charge is 2.36. The molecule has 130 valence electrons. The van der Waals surface area contributed by atoms with Gasteiger partial charge in [0.15, 0.2) is 0 Å². The maximum absolute atomic E-state index is 12.6. The van der Waals surface area contributed by atoms with Gasteiger partial charge in [-0.15, -0.1) is 0 Å². The lowest BCUT2D eigenvalue weighted by atomic mass is 10.0. The number of hydrogen-bond donors (Lipinski definition) is 1. The van der Waals surface area contributed by atoms with Crippen LogP contribution in [-0.2, 0) is 6.54 Å². The zero-order valence-electron chi connectivity index (χ0n) is 14.2. The molecule has 0 radical (unpaired) electrons. The summed E-state index contributed by atoms with van der Waals surface area (Å²) in [5.74, 6) is -0.487. The van der Waals surface area contributed by atoms with Crippen molar-refractivity contribution in [1.82, 2.24) is 10.2 Å². The zero-order chi connectivity index (χ0) is 18.0. The molecule has 1 N–H and O–H groups in total. The molecule has 1 aliphatic rings. The van der Waals surface area contributed by atoms with Gasteiger partial charge in [0, 0.05) is 11.6 Å². The zero-order valence-corrected chi connectivity index (χ0v) is 14.2. The summed E-state index contributed by atoms with van der Waals surface area (Å²) < 4.78 is 5.21. The lowest BCUT2D eigenvalue weighted by Gasteiger charge is -2.14. The van der Waals surface area contributed by atoms with E-state index in [2.05, 4.69) is 5.32 Å². The van der Waals surface area contributed by atoms with Crippen LogP contribution in [0, 0.1) is 0 Å². The van der Waals surface area contributed by atoms with E-state index in [-0.39, 0.29) is 30.0 Å². The Kier molecular flexibility index (Phi) is 4.70. The summed E-state index contributed by atoms with van der Waals surface area (Å²) in [6.45, 7) is 4.09. The fourth-order valence-electron chi connectivity index (χ4n) is 2.90. The molecule has 2 heterocycles. The lowest BCUT2D eigenvalue weighted by molar-refractivity contribution is 0.0631. The Labute approximate surface area is 145 Å². The number of imide groups is 1. The van der Waals surface area contributed by atoms with Crippen molar-refractivity contribution in [3.63, 3.8) is 0 Å². The van der Waals surface area contributed by atoms with Crippen LogP contribution in [0.2, 0.25) is 0 Å². The van der Waals surface area contributed by atoms with E-state index in [0.717, 1.165) is 17.7 Å². The summed E-state index contributed by atoms with van der Waals surface area (Å²) >= 11 is 0. The van der Waals surface area contributed by atoms with Crippen molar-refractivity contribution in [3.05, 3.63) is 59.0 Å². The first-order valence-corrected chi connectivity index (χ1v) is 8.38. The van der Waals surface area contributed by atoms with Crippen molar-refractivity contribution in [1.29, 1.82) is 0 Å². The third-order valence-corrected chi connectivity index (χ3v) is 4.45. The van der Waals surface area contributed by atoms with Crippen LogP contribution in [0.15, 0.2) is 41.0 Å². The van der Waals surface area contributed by atoms with E-state index in [1.807, 2.05) is 13.8 Å². The molecule has 1 aliphatic heterocycles. The first-order valence-electron chi connectivity index (χ1n) is 8.38. The molecule has 0 unspecified atom stereocenters. The summed E-state index contributed by atoms with van der Waals surface area (Å²) in [7, 11) is 0. The molecule has 1 aromatic heterocycles. The van der Waals surface area contributed by atoms with Gasteiger partial charge in [0.05, 0.1) is 23.9 Å². The Bertz CT molecular complexity index is 807. The summed E-state index contributed by atoms with van der Waals surface area (Å²) in [6.07, 6.45) is 3.16. The Hall–Kier alpha value is -2.89. The molecular weight excluding hydrogens is 320 g/mol. The van der Waals surface area contributed by atoms with Crippen LogP contribution < -0.4 is 5.32 Å². The molecule has 25 heavy (non-hydrogen) atoms. The minimum Gasteiger partial charge on any atom is -0.467 e. The number of nitrogens with one attached hydrogen (secondary N) is 1. The molecule has 1 aromatic carbocycles. The highest BCUT2D eigenvalue weighted by Crippen LogP contribution is 2.25. The van der Waals surface area contributed by atoms with Gasteiger partial charge in [-0.1, -0.05) is 13.8 Å². The van der Waals surface area contributed by atoms with E-state index in [1.165, 1.54) is 12.3 Å². The number of amides is 3. The predicted molar refractivity (Wildman–Crippen MR) is 91.2 cm³/mol. The van der Waals surface area contributed by atoms with Crippen LogP contribution in [-0.4, -0.2) is 28.7 Å². The molecule has 0 spiro atoms. The summed E-state index contributed by atoms with van der Waals surface area (Å²) in [4.78, 5) is 38.5. The van der Waals surface area contributed by atoms with Crippen LogP contribution >= 0.6 is 0 Å². The fraction of sp³-hybridized carbons (Fsp3) is 0.316. The number of carbonyl (C=O) groups is 3. The molecule has 6 nitrogen and oxygen atoms in total. The minimum atomic E-state index is -0.409. The molecular formula is C19H20N2O4. The largest absolute Gasteiger partial charge is 0.467 e. The summed E-state index contributed by atoms with van der Waals surface area (Å²) in [5, 5.41) is 2.93. The molecule has 0 saturated heterocycles. The first-order chi connectivity index (χ1) is 12.0. The van der Waals surface area contributed by atoms with Crippen molar-refractivity contribution >= 4 is 17.7 Å². The van der Waals surface area contributed by atoms with Gasteiger partial charge >= 0.3 is 0 Å².